The Hall–Kier alpha value is -2.95. The van der Waals surface area contributed by atoms with Gasteiger partial charge in [-0.3, -0.25) is 14.5 Å². The Morgan fingerprint density at radius 3 is 2.77 bits per heavy atom. The number of carbonyl (C=O) groups is 1. The second-order valence-electron chi connectivity index (χ2n) is 9.14. The first-order valence-corrected chi connectivity index (χ1v) is 13.1. The van der Waals surface area contributed by atoms with Crippen LogP contribution in [-0.4, -0.2) is 36.7 Å². The predicted molar refractivity (Wildman–Crippen MR) is 143 cm³/mol. The summed E-state index contributed by atoms with van der Waals surface area (Å²) in [5.41, 5.74) is 3.22. The SMILES string of the molecule is COc1cc2nn(C3CCC(C(C)I)CC3)cc2cc1NC(=O)c1coc(-c2ccnc(C)c2)n1. The molecule has 1 aromatic carbocycles. The van der Waals surface area contributed by atoms with Gasteiger partial charge in [0, 0.05) is 39.0 Å². The van der Waals surface area contributed by atoms with E-state index in [1.54, 1.807) is 19.4 Å². The molecule has 1 saturated carbocycles. The average Bonchev–Trinajstić information content (AvgIpc) is 3.51. The minimum Gasteiger partial charge on any atom is -0.494 e. The molecule has 1 aliphatic rings. The third-order valence-corrected chi connectivity index (χ3v) is 7.75. The van der Waals surface area contributed by atoms with E-state index in [2.05, 4.69) is 55.7 Å². The van der Waals surface area contributed by atoms with Crippen LogP contribution >= 0.6 is 22.6 Å². The molecule has 0 spiro atoms. The quantitative estimate of drug-likeness (QED) is 0.214. The molecule has 1 aliphatic carbocycles. The van der Waals surface area contributed by atoms with Crippen molar-refractivity contribution in [1.29, 1.82) is 0 Å². The molecule has 1 unspecified atom stereocenters. The van der Waals surface area contributed by atoms with Gasteiger partial charge in [-0.15, -0.1) is 0 Å². The number of nitrogens with one attached hydrogen (secondary N) is 1. The van der Waals surface area contributed by atoms with Gasteiger partial charge in [0.15, 0.2) is 5.69 Å². The lowest BCUT2D eigenvalue weighted by atomic mass is 9.84. The molecule has 1 atom stereocenters. The summed E-state index contributed by atoms with van der Waals surface area (Å²) in [5, 5.41) is 8.70. The van der Waals surface area contributed by atoms with Crippen molar-refractivity contribution < 1.29 is 13.9 Å². The second kappa shape index (κ2) is 9.96. The summed E-state index contributed by atoms with van der Waals surface area (Å²) in [6, 6.07) is 7.83. The van der Waals surface area contributed by atoms with Crippen molar-refractivity contribution in [1.82, 2.24) is 19.7 Å². The van der Waals surface area contributed by atoms with Gasteiger partial charge < -0.3 is 14.5 Å². The predicted octanol–water partition coefficient (Wildman–Crippen LogP) is 6.21. The summed E-state index contributed by atoms with van der Waals surface area (Å²) < 4.78 is 13.9. The average molecular weight is 585 g/mol. The fourth-order valence-electron chi connectivity index (χ4n) is 4.73. The molecule has 3 heterocycles. The molecule has 0 radical (unpaired) electrons. The molecule has 0 bridgehead atoms. The van der Waals surface area contributed by atoms with E-state index in [0.717, 1.165) is 40.9 Å². The van der Waals surface area contributed by atoms with E-state index < -0.39 is 0 Å². The van der Waals surface area contributed by atoms with E-state index in [1.807, 2.05) is 25.1 Å². The summed E-state index contributed by atoms with van der Waals surface area (Å²) in [5.74, 6) is 1.34. The fraction of sp³-hybridized carbons (Fsp3) is 0.385. The van der Waals surface area contributed by atoms with E-state index in [9.17, 15) is 4.79 Å². The lowest BCUT2D eigenvalue weighted by Crippen LogP contribution is -2.22. The first-order chi connectivity index (χ1) is 16.9. The number of rotatable bonds is 6. The molecule has 1 N–H and O–H groups in total. The minimum atomic E-state index is -0.373. The number of fused-ring (bicyclic) bond motifs is 1. The Kier molecular flexibility index (Phi) is 6.77. The van der Waals surface area contributed by atoms with Gasteiger partial charge in [0.1, 0.15) is 12.0 Å². The van der Waals surface area contributed by atoms with Crippen molar-refractivity contribution >= 4 is 45.1 Å². The van der Waals surface area contributed by atoms with E-state index >= 15 is 0 Å². The van der Waals surface area contributed by atoms with E-state index in [1.165, 1.54) is 19.1 Å². The maximum atomic E-state index is 12.9. The summed E-state index contributed by atoms with van der Waals surface area (Å²) in [7, 11) is 1.58. The van der Waals surface area contributed by atoms with Crippen LogP contribution in [0.1, 0.15) is 54.8 Å². The zero-order chi connectivity index (χ0) is 24.5. The Bertz CT molecular complexity index is 1350. The van der Waals surface area contributed by atoms with Crippen LogP contribution in [0.2, 0.25) is 0 Å². The maximum Gasteiger partial charge on any atom is 0.277 e. The summed E-state index contributed by atoms with van der Waals surface area (Å²) in [6.07, 6.45) is 9.85. The zero-order valence-corrected chi connectivity index (χ0v) is 22.2. The number of methoxy groups -OCH3 is 1. The topological polar surface area (TPSA) is 95.1 Å². The van der Waals surface area contributed by atoms with Crippen LogP contribution in [0.3, 0.4) is 0 Å². The van der Waals surface area contributed by atoms with Crippen molar-refractivity contribution in [3.8, 4) is 17.2 Å². The van der Waals surface area contributed by atoms with Gasteiger partial charge in [-0.1, -0.05) is 29.5 Å². The Balaban J connectivity index is 1.35. The highest BCUT2D eigenvalue weighted by atomic mass is 127. The lowest BCUT2D eigenvalue weighted by molar-refractivity contribution is 0.102. The molecule has 1 fully saturated rings. The molecule has 3 aromatic heterocycles. The van der Waals surface area contributed by atoms with Gasteiger partial charge in [0.2, 0.25) is 5.89 Å². The third kappa shape index (κ3) is 5.05. The van der Waals surface area contributed by atoms with Gasteiger partial charge in [-0.2, -0.15) is 5.10 Å². The number of alkyl halides is 1. The van der Waals surface area contributed by atoms with Crippen molar-refractivity contribution in [2.24, 2.45) is 5.92 Å². The minimum absolute atomic E-state index is 0.188. The second-order valence-corrected chi connectivity index (χ2v) is 11.1. The lowest BCUT2D eigenvalue weighted by Gasteiger charge is -2.30. The molecular weight excluding hydrogens is 557 g/mol. The molecule has 8 nitrogen and oxygen atoms in total. The molecule has 9 heteroatoms. The standard InChI is InChI=1S/C26H28IN5O3/c1-15-10-18(8-9-28-15)26-30-23(14-35-26)25(33)29-22-11-19-13-32(31-21(19)12-24(22)34-3)20-6-4-17(5-7-20)16(2)27/h8-14,16-17,20H,4-7H2,1-3H3,(H,29,33). The van der Waals surface area contributed by atoms with Crippen molar-refractivity contribution in [3.63, 3.8) is 0 Å². The summed E-state index contributed by atoms with van der Waals surface area (Å²) in [6.45, 7) is 4.19. The number of anilines is 1. The van der Waals surface area contributed by atoms with Gasteiger partial charge in [-0.05, 0) is 56.7 Å². The van der Waals surface area contributed by atoms with E-state index in [0.29, 0.717) is 27.3 Å². The highest BCUT2D eigenvalue weighted by Gasteiger charge is 2.26. The highest BCUT2D eigenvalue weighted by molar-refractivity contribution is 14.1. The maximum absolute atomic E-state index is 12.9. The third-order valence-electron chi connectivity index (χ3n) is 6.74. The molecule has 0 saturated heterocycles. The number of aryl methyl sites for hydroxylation is 1. The number of amides is 1. The number of hydrogen-bond donors (Lipinski definition) is 1. The van der Waals surface area contributed by atoms with Gasteiger partial charge in [-0.25, -0.2) is 4.98 Å². The number of pyridine rings is 1. The van der Waals surface area contributed by atoms with Crippen molar-refractivity contribution in [3.05, 3.63) is 54.3 Å². The molecule has 5 rings (SSSR count). The first-order valence-electron chi connectivity index (χ1n) is 11.8. The van der Waals surface area contributed by atoms with E-state index in [-0.39, 0.29) is 11.6 Å². The molecule has 182 valence electrons. The van der Waals surface area contributed by atoms with Crippen LogP contribution in [0.5, 0.6) is 5.75 Å². The Morgan fingerprint density at radius 2 is 2.06 bits per heavy atom. The number of nitrogens with zero attached hydrogens (tertiary/aromatic N) is 4. The molecule has 35 heavy (non-hydrogen) atoms. The smallest absolute Gasteiger partial charge is 0.277 e. The highest BCUT2D eigenvalue weighted by Crippen LogP contribution is 2.37. The molecular formula is C26H28IN5O3. The van der Waals surface area contributed by atoms with Crippen LogP contribution in [0.25, 0.3) is 22.4 Å². The zero-order valence-electron chi connectivity index (χ0n) is 20.0. The summed E-state index contributed by atoms with van der Waals surface area (Å²) >= 11 is 2.54. The first kappa shape index (κ1) is 23.8. The van der Waals surface area contributed by atoms with E-state index in [4.69, 9.17) is 14.3 Å². The number of halogens is 1. The van der Waals surface area contributed by atoms with Gasteiger partial charge in [0.05, 0.1) is 24.4 Å². The summed E-state index contributed by atoms with van der Waals surface area (Å²) in [4.78, 5) is 21.5. The molecule has 4 aromatic rings. The Labute approximate surface area is 217 Å². The normalized spacial score (nSPS) is 19.0. The van der Waals surface area contributed by atoms with Crippen LogP contribution in [-0.2, 0) is 0 Å². The van der Waals surface area contributed by atoms with Crippen LogP contribution in [0, 0.1) is 12.8 Å². The molecule has 1 amide bonds. The number of aromatic nitrogens is 4. The molecule has 0 aliphatic heterocycles. The van der Waals surface area contributed by atoms with Gasteiger partial charge >= 0.3 is 0 Å². The monoisotopic (exact) mass is 585 g/mol. The van der Waals surface area contributed by atoms with Crippen molar-refractivity contribution in [2.45, 2.75) is 49.5 Å². The largest absolute Gasteiger partial charge is 0.494 e. The number of oxazole rings is 1. The van der Waals surface area contributed by atoms with Crippen LogP contribution < -0.4 is 10.1 Å². The Morgan fingerprint density at radius 1 is 1.26 bits per heavy atom. The van der Waals surface area contributed by atoms with Crippen molar-refractivity contribution in [2.75, 3.05) is 12.4 Å². The number of carbonyl (C=O) groups excluding carboxylic acids is 1. The number of hydrogen-bond acceptors (Lipinski definition) is 6. The van der Waals surface area contributed by atoms with Crippen LogP contribution in [0.4, 0.5) is 5.69 Å². The number of ether oxygens (including phenoxy) is 1. The van der Waals surface area contributed by atoms with Gasteiger partial charge in [0.25, 0.3) is 5.91 Å². The van der Waals surface area contributed by atoms with Crippen LogP contribution in [0.15, 0.2) is 47.3 Å². The fourth-order valence-corrected chi connectivity index (χ4v) is 5.45. The number of benzene rings is 1.